The fraction of sp³-hybridized carbons (Fsp3) is 0.571. The molecule has 0 unspecified atom stereocenters. The Balaban J connectivity index is 0.00000420. The molecule has 1 aliphatic heterocycles. The summed E-state index contributed by atoms with van der Waals surface area (Å²) < 4.78 is 0. The zero-order chi connectivity index (χ0) is 20.6. The van der Waals surface area contributed by atoms with Gasteiger partial charge in [0, 0.05) is 31.6 Å². The van der Waals surface area contributed by atoms with E-state index in [9.17, 15) is 9.59 Å². The van der Waals surface area contributed by atoms with Gasteiger partial charge in [-0.3, -0.25) is 9.59 Å². The van der Waals surface area contributed by atoms with Crippen LogP contribution in [0.5, 0.6) is 0 Å². The van der Waals surface area contributed by atoms with Gasteiger partial charge in [-0.15, -0.1) is 24.0 Å². The fourth-order valence-electron chi connectivity index (χ4n) is 3.08. The molecule has 2 amide bonds. The molecule has 162 valence electrons. The number of carbonyl (C=O) groups excluding carboxylic acids is 2. The van der Waals surface area contributed by atoms with Crippen LogP contribution in [0, 0.1) is 0 Å². The number of aliphatic imine (C=N–C) groups is 1. The van der Waals surface area contributed by atoms with Gasteiger partial charge in [-0.25, -0.2) is 4.99 Å². The van der Waals surface area contributed by atoms with Gasteiger partial charge < -0.3 is 20.9 Å². The first-order chi connectivity index (χ1) is 13.3. The Kier molecular flexibility index (Phi) is 10.4. The fourth-order valence-corrected chi connectivity index (χ4v) is 3.08. The number of hydrogen-bond donors (Lipinski definition) is 3. The molecule has 7 nitrogen and oxygen atoms in total. The Morgan fingerprint density at radius 1 is 1.17 bits per heavy atom. The van der Waals surface area contributed by atoms with E-state index in [4.69, 9.17) is 0 Å². The number of guanidine groups is 1. The summed E-state index contributed by atoms with van der Waals surface area (Å²) in [5.74, 6) is 0.739. The Labute approximate surface area is 191 Å². The number of nitrogens with zero attached hydrogens (tertiary/aromatic N) is 2. The van der Waals surface area contributed by atoms with Crippen LogP contribution in [-0.4, -0.2) is 47.8 Å². The predicted octanol–water partition coefficient (Wildman–Crippen LogP) is 2.40. The average Bonchev–Trinajstić information content (AvgIpc) is 3.02. The van der Waals surface area contributed by atoms with E-state index >= 15 is 0 Å². The second-order valence-corrected chi connectivity index (χ2v) is 8.03. The standard InChI is InChI=1S/C21H33N5O2.HI/c1-5-22-20(24-14-18(27)25-21(2,3)4)23-13-16-9-6-7-10-17(16)15-26-12-8-11-19(26)28;/h6-7,9-10H,5,8,11-15H2,1-4H3,(H,25,27)(H2,22,23,24);1H. The van der Waals surface area contributed by atoms with Crippen molar-refractivity contribution in [2.45, 2.75) is 59.2 Å². The maximum atomic E-state index is 12.0. The molecule has 0 bridgehead atoms. The lowest BCUT2D eigenvalue weighted by molar-refractivity contribution is -0.128. The minimum absolute atomic E-state index is 0. The highest BCUT2D eigenvalue weighted by atomic mass is 127. The molecular weight excluding hydrogens is 481 g/mol. The number of benzene rings is 1. The van der Waals surface area contributed by atoms with Crippen LogP contribution in [0.1, 0.15) is 51.7 Å². The van der Waals surface area contributed by atoms with Crippen LogP contribution in [0.3, 0.4) is 0 Å². The van der Waals surface area contributed by atoms with E-state index in [2.05, 4.69) is 20.9 Å². The summed E-state index contributed by atoms with van der Waals surface area (Å²) in [6.45, 7) is 10.6. The molecule has 1 aromatic rings. The number of nitrogens with one attached hydrogen (secondary N) is 3. The van der Waals surface area contributed by atoms with Gasteiger partial charge in [0.25, 0.3) is 0 Å². The third-order valence-electron chi connectivity index (χ3n) is 4.33. The molecule has 0 radical (unpaired) electrons. The van der Waals surface area contributed by atoms with Gasteiger partial charge in [-0.05, 0) is 45.2 Å². The van der Waals surface area contributed by atoms with Crippen LogP contribution in [0.4, 0.5) is 0 Å². The summed E-state index contributed by atoms with van der Waals surface area (Å²) in [6.07, 6.45) is 1.58. The van der Waals surface area contributed by atoms with Crippen LogP contribution in [0.25, 0.3) is 0 Å². The molecule has 0 atom stereocenters. The van der Waals surface area contributed by atoms with E-state index in [0.717, 1.165) is 24.1 Å². The molecule has 0 saturated carbocycles. The Hall–Kier alpha value is -1.84. The second-order valence-electron chi connectivity index (χ2n) is 8.03. The van der Waals surface area contributed by atoms with Crippen molar-refractivity contribution < 1.29 is 9.59 Å². The van der Waals surface area contributed by atoms with E-state index in [-0.39, 0.29) is 47.9 Å². The van der Waals surface area contributed by atoms with Gasteiger partial charge in [0.05, 0.1) is 13.1 Å². The van der Waals surface area contributed by atoms with Crippen molar-refractivity contribution in [3.63, 3.8) is 0 Å². The van der Waals surface area contributed by atoms with Crippen molar-refractivity contribution in [1.82, 2.24) is 20.9 Å². The summed E-state index contributed by atoms with van der Waals surface area (Å²) in [7, 11) is 0. The van der Waals surface area contributed by atoms with Crippen molar-refractivity contribution in [1.29, 1.82) is 0 Å². The molecule has 29 heavy (non-hydrogen) atoms. The first kappa shape index (κ1) is 25.2. The lowest BCUT2D eigenvalue weighted by atomic mass is 10.1. The molecule has 1 saturated heterocycles. The first-order valence-corrected chi connectivity index (χ1v) is 9.96. The molecule has 0 aliphatic carbocycles. The molecule has 8 heteroatoms. The van der Waals surface area contributed by atoms with E-state index in [1.165, 1.54) is 0 Å². The second kappa shape index (κ2) is 12.0. The molecule has 2 rings (SSSR count). The molecule has 0 spiro atoms. The molecule has 3 N–H and O–H groups in total. The van der Waals surface area contributed by atoms with Crippen LogP contribution < -0.4 is 16.0 Å². The van der Waals surface area contributed by atoms with E-state index in [1.54, 1.807) is 0 Å². The first-order valence-electron chi connectivity index (χ1n) is 9.96. The summed E-state index contributed by atoms with van der Waals surface area (Å²) in [4.78, 5) is 30.5. The molecule has 1 heterocycles. The summed E-state index contributed by atoms with van der Waals surface area (Å²) in [5.41, 5.74) is 1.93. The largest absolute Gasteiger partial charge is 0.357 e. The highest BCUT2D eigenvalue weighted by molar-refractivity contribution is 14.0. The van der Waals surface area contributed by atoms with Crippen molar-refractivity contribution in [2.75, 3.05) is 19.6 Å². The minimum Gasteiger partial charge on any atom is -0.357 e. The number of carbonyl (C=O) groups is 2. The van der Waals surface area contributed by atoms with Gasteiger partial charge in [0.2, 0.25) is 11.8 Å². The van der Waals surface area contributed by atoms with Crippen LogP contribution in [0.2, 0.25) is 0 Å². The topological polar surface area (TPSA) is 85.8 Å². The molecule has 0 aromatic heterocycles. The summed E-state index contributed by atoms with van der Waals surface area (Å²) in [5, 5.41) is 9.16. The third kappa shape index (κ3) is 9.01. The highest BCUT2D eigenvalue weighted by Crippen LogP contribution is 2.17. The van der Waals surface area contributed by atoms with Crippen LogP contribution in [-0.2, 0) is 22.7 Å². The van der Waals surface area contributed by atoms with E-state index < -0.39 is 0 Å². The number of hydrogen-bond acceptors (Lipinski definition) is 3. The van der Waals surface area contributed by atoms with Gasteiger partial charge in [0.1, 0.15) is 0 Å². The zero-order valence-corrected chi connectivity index (χ0v) is 20.2. The number of amides is 2. The SMILES string of the molecule is CCNC(=NCc1ccccc1CN1CCCC1=O)NCC(=O)NC(C)(C)C.I. The maximum absolute atomic E-state index is 12.0. The highest BCUT2D eigenvalue weighted by Gasteiger charge is 2.20. The molecular formula is C21H34IN5O2. The predicted molar refractivity (Wildman–Crippen MR) is 127 cm³/mol. The Morgan fingerprint density at radius 3 is 2.45 bits per heavy atom. The van der Waals surface area contributed by atoms with E-state index in [1.807, 2.05) is 56.9 Å². The zero-order valence-electron chi connectivity index (χ0n) is 17.9. The normalized spacial score (nSPS) is 14.4. The van der Waals surface area contributed by atoms with E-state index in [0.29, 0.717) is 32.0 Å². The van der Waals surface area contributed by atoms with Crippen molar-refractivity contribution in [2.24, 2.45) is 4.99 Å². The van der Waals surface area contributed by atoms with Crippen molar-refractivity contribution in [3.8, 4) is 0 Å². The van der Waals surface area contributed by atoms with Crippen LogP contribution >= 0.6 is 24.0 Å². The Bertz CT molecular complexity index is 715. The number of likely N-dealkylation sites (tertiary alicyclic amines) is 1. The van der Waals surface area contributed by atoms with Crippen LogP contribution in [0.15, 0.2) is 29.3 Å². The maximum Gasteiger partial charge on any atom is 0.239 e. The van der Waals surface area contributed by atoms with Gasteiger partial charge in [-0.1, -0.05) is 24.3 Å². The summed E-state index contributed by atoms with van der Waals surface area (Å²) >= 11 is 0. The number of rotatable bonds is 7. The van der Waals surface area contributed by atoms with Gasteiger partial charge in [0.15, 0.2) is 5.96 Å². The lowest BCUT2D eigenvalue weighted by Gasteiger charge is -2.21. The lowest BCUT2D eigenvalue weighted by Crippen LogP contribution is -2.48. The average molecular weight is 515 g/mol. The third-order valence-corrected chi connectivity index (χ3v) is 4.33. The van der Waals surface area contributed by atoms with Gasteiger partial charge in [-0.2, -0.15) is 0 Å². The van der Waals surface area contributed by atoms with Crippen molar-refractivity contribution in [3.05, 3.63) is 35.4 Å². The Morgan fingerprint density at radius 2 is 1.86 bits per heavy atom. The van der Waals surface area contributed by atoms with Gasteiger partial charge >= 0.3 is 0 Å². The quantitative estimate of drug-likeness (QED) is 0.296. The molecule has 1 fully saturated rings. The number of halogens is 1. The smallest absolute Gasteiger partial charge is 0.239 e. The molecule has 1 aromatic carbocycles. The van der Waals surface area contributed by atoms with Crippen molar-refractivity contribution >= 4 is 41.8 Å². The summed E-state index contributed by atoms with van der Waals surface area (Å²) in [6, 6.07) is 8.06. The monoisotopic (exact) mass is 515 g/mol. The minimum atomic E-state index is -0.264. The molecule has 1 aliphatic rings.